The molecule has 3 rings (SSSR count). The summed E-state index contributed by atoms with van der Waals surface area (Å²) >= 11 is 3.48. The summed E-state index contributed by atoms with van der Waals surface area (Å²) in [7, 11) is 0. The fourth-order valence-electron chi connectivity index (χ4n) is 2.30. The third-order valence-corrected chi connectivity index (χ3v) is 3.93. The number of pyridine rings is 1. The van der Waals surface area contributed by atoms with E-state index in [1.807, 2.05) is 43.3 Å². The molecule has 24 heavy (non-hydrogen) atoms. The lowest BCUT2D eigenvalue weighted by atomic mass is 10.2. The predicted molar refractivity (Wildman–Crippen MR) is 102 cm³/mol. The van der Waals surface area contributed by atoms with Gasteiger partial charge in [-0.1, -0.05) is 22.0 Å². The van der Waals surface area contributed by atoms with E-state index in [9.17, 15) is 0 Å². The average molecular weight is 384 g/mol. The van der Waals surface area contributed by atoms with Gasteiger partial charge in [0.15, 0.2) is 0 Å². The molecule has 0 aliphatic heterocycles. The monoisotopic (exact) mass is 383 g/mol. The Hall–Kier alpha value is -2.47. The Balaban J connectivity index is 1.99. The lowest BCUT2D eigenvalue weighted by molar-refractivity contribution is 1.08. The summed E-state index contributed by atoms with van der Waals surface area (Å²) in [6.45, 7) is 4.82. The highest BCUT2D eigenvalue weighted by Gasteiger charge is 2.08. The SMILES string of the molecule is CCNc1nc(Nc2ccc(Br)cc2C)cc(-c2ccccn2)n1. The van der Waals surface area contributed by atoms with Crippen molar-refractivity contribution in [3.05, 3.63) is 58.7 Å². The van der Waals surface area contributed by atoms with E-state index in [-0.39, 0.29) is 0 Å². The fourth-order valence-corrected chi connectivity index (χ4v) is 2.77. The first kappa shape index (κ1) is 16.4. The highest BCUT2D eigenvalue weighted by atomic mass is 79.9. The van der Waals surface area contributed by atoms with E-state index in [1.54, 1.807) is 6.20 Å². The molecule has 0 amide bonds. The Morgan fingerprint density at radius 1 is 1.04 bits per heavy atom. The summed E-state index contributed by atoms with van der Waals surface area (Å²) in [5, 5.41) is 6.54. The molecule has 6 heteroatoms. The van der Waals surface area contributed by atoms with Gasteiger partial charge in [0, 0.05) is 29.0 Å². The minimum atomic E-state index is 0.581. The molecule has 2 N–H and O–H groups in total. The maximum Gasteiger partial charge on any atom is 0.225 e. The van der Waals surface area contributed by atoms with E-state index in [0.717, 1.165) is 39.5 Å². The highest BCUT2D eigenvalue weighted by Crippen LogP contribution is 2.25. The lowest BCUT2D eigenvalue weighted by Gasteiger charge is -2.12. The van der Waals surface area contributed by atoms with E-state index in [0.29, 0.717) is 5.95 Å². The van der Waals surface area contributed by atoms with Gasteiger partial charge in [-0.2, -0.15) is 4.98 Å². The molecule has 0 fully saturated rings. The van der Waals surface area contributed by atoms with Crippen LogP contribution in [0.3, 0.4) is 0 Å². The first-order valence-corrected chi connectivity index (χ1v) is 8.52. The van der Waals surface area contributed by atoms with Crippen molar-refractivity contribution in [1.29, 1.82) is 0 Å². The molecule has 0 saturated carbocycles. The molecule has 0 spiro atoms. The molecule has 0 bridgehead atoms. The molecule has 2 heterocycles. The second kappa shape index (κ2) is 7.40. The Morgan fingerprint density at radius 2 is 1.92 bits per heavy atom. The molecule has 1 aromatic carbocycles. The van der Waals surface area contributed by atoms with E-state index >= 15 is 0 Å². The van der Waals surface area contributed by atoms with E-state index in [4.69, 9.17) is 0 Å². The van der Waals surface area contributed by atoms with Gasteiger partial charge in [0.1, 0.15) is 5.82 Å². The maximum absolute atomic E-state index is 4.54. The Kier molecular flexibility index (Phi) is 5.05. The van der Waals surface area contributed by atoms with Gasteiger partial charge in [-0.3, -0.25) is 4.98 Å². The molecular weight excluding hydrogens is 366 g/mol. The standard InChI is InChI=1S/C18H18BrN5/c1-3-20-18-23-16(15-6-4-5-9-21-15)11-17(24-18)22-14-8-7-13(19)10-12(14)2/h4-11H,3H2,1-2H3,(H2,20,22,23,24). The van der Waals surface area contributed by atoms with E-state index in [1.165, 1.54) is 0 Å². The molecule has 0 aliphatic rings. The van der Waals surface area contributed by atoms with Crippen LogP contribution in [0.4, 0.5) is 17.5 Å². The smallest absolute Gasteiger partial charge is 0.225 e. The van der Waals surface area contributed by atoms with Crippen LogP contribution in [0, 0.1) is 6.92 Å². The second-order valence-corrected chi connectivity index (χ2v) is 6.21. The summed E-state index contributed by atoms with van der Waals surface area (Å²) < 4.78 is 1.05. The first-order chi connectivity index (χ1) is 11.7. The van der Waals surface area contributed by atoms with Crippen LogP contribution in [0.25, 0.3) is 11.4 Å². The molecular formula is C18H18BrN5. The minimum absolute atomic E-state index is 0.581. The normalized spacial score (nSPS) is 10.5. The third kappa shape index (κ3) is 3.89. The largest absolute Gasteiger partial charge is 0.354 e. The lowest BCUT2D eigenvalue weighted by Crippen LogP contribution is -2.06. The number of aryl methyl sites for hydroxylation is 1. The van der Waals surface area contributed by atoms with Gasteiger partial charge in [-0.25, -0.2) is 4.98 Å². The van der Waals surface area contributed by atoms with Crippen LogP contribution >= 0.6 is 15.9 Å². The van der Waals surface area contributed by atoms with Crippen LogP contribution in [0.2, 0.25) is 0 Å². The molecule has 0 saturated heterocycles. The molecule has 0 radical (unpaired) electrons. The van der Waals surface area contributed by atoms with Gasteiger partial charge in [0.2, 0.25) is 5.95 Å². The summed E-state index contributed by atoms with van der Waals surface area (Å²) in [4.78, 5) is 13.4. The number of rotatable bonds is 5. The predicted octanol–water partition coefficient (Wildman–Crippen LogP) is 4.78. The third-order valence-electron chi connectivity index (χ3n) is 3.44. The number of hydrogen-bond acceptors (Lipinski definition) is 5. The zero-order valence-corrected chi connectivity index (χ0v) is 15.1. The van der Waals surface area contributed by atoms with Crippen LogP contribution in [-0.2, 0) is 0 Å². The molecule has 2 aromatic heterocycles. The highest BCUT2D eigenvalue weighted by molar-refractivity contribution is 9.10. The van der Waals surface area contributed by atoms with Crippen LogP contribution in [0.15, 0.2) is 53.1 Å². The fraction of sp³-hybridized carbons (Fsp3) is 0.167. The summed E-state index contributed by atoms with van der Waals surface area (Å²) in [6, 6.07) is 13.8. The van der Waals surface area contributed by atoms with Crippen LogP contribution in [0.5, 0.6) is 0 Å². The molecule has 122 valence electrons. The van der Waals surface area contributed by atoms with Gasteiger partial charge in [-0.05, 0) is 49.7 Å². The molecule has 0 aliphatic carbocycles. The van der Waals surface area contributed by atoms with E-state index in [2.05, 4.69) is 54.5 Å². The van der Waals surface area contributed by atoms with Gasteiger partial charge >= 0.3 is 0 Å². The van der Waals surface area contributed by atoms with Crippen molar-refractivity contribution >= 4 is 33.4 Å². The van der Waals surface area contributed by atoms with Crippen molar-refractivity contribution in [2.45, 2.75) is 13.8 Å². The number of halogens is 1. The van der Waals surface area contributed by atoms with Crippen molar-refractivity contribution in [2.75, 3.05) is 17.2 Å². The molecule has 0 atom stereocenters. The Morgan fingerprint density at radius 3 is 2.62 bits per heavy atom. The van der Waals surface area contributed by atoms with Crippen molar-refractivity contribution in [3.63, 3.8) is 0 Å². The number of hydrogen-bond donors (Lipinski definition) is 2. The van der Waals surface area contributed by atoms with Gasteiger partial charge in [0.05, 0.1) is 11.4 Å². The van der Waals surface area contributed by atoms with Crippen LogP contribution in [-0.4, -0.2) is 21.5 Å². The molecule has 3 aromatic rings. The first-order valence-electron chi connectivity index (χ1n) is 7.73. The van der Waals surface area contributed by atoms with Gasteiger partial charge in [-0.15, -0.1) is 0 Å². The quantitative estimate of drug-likeness (QED) is 0.663. The average Bonchev–Trinajstić information content (AvgIpc) is 2.58. The maximum atomic E-state index is 4.54. The van der Waals surface area contributed by atoms with Crippen molar-refractivity contribution < 1.29 is 0 Å². The zero-order valence-electron chi connectivity index (χ0n) is 13.5. The molecule has 5 nitrogen and oxygen atoms in total. The summed E-state index contributed by atoms with van der Waals surface area (Å²) in [5.41, 5.74) is 3.73. The number of anilines is 3. The number of aromatic nitrogens is 3. The zero-order chi connectivity index (χ0) is 16.9. The van der Waals surface area contributed by atoms with Gasteiger partial charge in [0.25, 0.3) is 0 Å². The van der Waals surface area contributed by atoms with Crippen LogP contribution in [0.1, 0.15) is 12.5 Å². The molecule has 0 unspecified atom stereocenters. The van der Waals surface area contributed by atoms with Crippen molar-refractivity contribution in [1.82, 2.24) is 15.0 Å². The number of benzene rings is 1. The van der Waals surface area contributed by atoms with Crippen LogP contribution < -0.4 is 10.6 Å². The van der Waals surface area contributed by atoms with Crippen molar-refractivity contribution in [2.24, 2.45) is 0 Å². The van der Waals surface area contributed by atoms with E-state index < -0.39 is 0 Å². The van der Waals surface area contributed by atoms with Crippen molar-refractivity contribution in [3.8, 4) is 11.4 Å². The Labute approximate surface area is 149 Å². The number of nitrogens with zero attached hydrogens (tertiary/aromatic N) is 3. The Bertz CT molecular complexity index is 836. The number of nitrogens with one attached hydrogen (secondary N) is 2. The van der Waals surface area contributed by atoms with Gasteiger partial charge < -0.3 is 10.6 Å². The minimum Gasteiger partial charge on any atom is -0.354 e. The summed E-state index contributed by atoms with van der Waals surface area (Å²) in [6.07, 6.45) is 1.76. The topological polar surface area (TPSA) is 62.7 Å². The summed E-state index contributed by atoms with van der Waals surface area (Å²) in [5.74, 6) is 1.31. The second-order valence-electron chi connectivity index (χ2n) is 5.29.